The average molecular weight is 318 g/mol. The summed E-state index contributed by atoms with van der Waals surface area (Å²) in [6, 6.07) is 0. The second-order valence-electron chi connectivity index (χ2n) is 8.03. The number of fused-ring (bicyclic) bond motifs is 1. The average Bonchev–Trinajstić information content (AvgIpc) is 2.78. The summed E-state index contributed by atoms with van der Waals surface area (Å²) in [5.41, 5.74) is 0. The van der Waals surface area contributed by atoms with E-state index in [0.717, 1.165) is 0 Å². The molecule has 2 aliphatic heterocycles. The van der Waals surface area contributed by atoms with Gasteiger partial charge in [-0.15, -0.1) is 0 Å². The van der Waals surface area contributed by atoms with Gasteiger partial charge in [-0.3, -0.25) is 0 Å². The molecule has 124 valence electrons. The third-order valence-corrected chi connectivity index (χ3v) is 9.34. The fraction of sp³-hybridized carbons (Fsp3) is 1.00. The first-order chi connectivity index (χ1) is 9.47. The zero-order chi connectivity index (χ0) is 16.1. The molecule has 0 aliphatic carbocycles. The van der Waals surface area contributed by atoms with Crippen LogP contribution in [0.5, 0.6) is 0 Å². The van der Waals surface area contributed by atoms with Crippen molar-refractivity contribution in [3.8, 4) is 0 Å². The van der Waals surface area contributed by atoms with Gasteiger partial charge in [-0.2, -0.15) is 0 Å². The van der Waals surface area contributed by atoms with Crippen molar-refractivity contribution >= 4 is 8.32 Å². The van der Waals surface area contributed by atoms with Crippen LogP contribution >= 0.6 is 0 Å². The summed E-state index contributed by atoms with van der Waals surface area (Å²) in [5, 5.41) is 9.63. The molecule has 0 aromatic heterocycles. The first-order valence-corrected chi connectivity index (χ1v) is 10.6. The van der Waals surface area contributed by atoms with Crippen LogP contribution in [0, 0.1) is 0 Å². The van der Waals surface area contributed by atoms with Crippen LogP contribution in [-0.2, 0) is 18.6 Å². The zero-order valence-corrected chi connectivity index (χ0v) is 15.3. The van der Waals surface area contributed by atoms with Crippen LogP contribution in [0.2, 0.25) is 18.1 Å². The van der Waals surface area contributed by atoms with Gasteiger partial charge in [0.05, 0.1) is 13.2 Å². The minimum absolute atomic E-state index is 0.0583. The Kier molecular flexibility index (Phi) is 4.62. The van der Waals surface area contributed by atoms with Crippen LogP contribution in [0.15, 0.2) is 0 Å². The Morgan fingerprint density at radius 2 is 1.62 bits per heavy atom. The van der Waals surface area contributed by atoms with E-state index in [9.17, 15) is 5.11 Å². The van der Waals surface area contributed by atoms with Gasteiger partial charge in [0.25, 0.3) is 0 Å². The Bertz CT molecular complexity index is 377. The lowest BCUT2D eigenvalue weighted by atomic mass is 10.1. The second kappa shape index (κ2) is 5.58. The van der Waals surface area contributed by atoms with Crippen LogP contribution in [0.4, 0.5) is 0 Å². The van der Waals surface area contributed by atoms with E-state index in [1.54, 1.807) is 0 Å². The van der Waals surface area contributed by atoms with E-state index >= 15 is 0 Å². The Morgan fingerprint density at radius 1 is 1.10 bits per heavy atom. The molecular formula is C15H30O5Si. The molecule has 0 spiro atoms. The summed E-state index contributed by atoms with van der Waals surface area (Å²) >= 11 is 0. The molecule has 0 bridgehead atoms. The maximum absolute atomic E-state index is 9.47. The van der Waals surface area contributed by atoms with Gasteiger partial charge in [0.1, 0.15) is 24.4 Å². The molecule has 0 aromatic carbocycles. The van der Waals surface area contributed by atoms with E-state index in [2.05, 4.69) is 33.9 Å². The van der Waals surface area contributed by atoms with E-state index in [1.165, 1.54) is 0 Å². The van der Waals surface area contributed by atoms with Crippen molar-refractivity contribution in [3.63, 3.8) is 0 Å². The molecule has 2 rings (SSSR count). The van der Waals surface area contributed by atoms with E-state index in [4.69, 9.17) is 18.6 Å². The van der Waals surface area contributed by atoms with Gasteiger partial charge < -0.3 is 23.7 Å². The highest BCUT2D eigenvalue weighted by atomic mass is 28.4. The summed E-state index contributed by atoms with van der Waals surface area (Å²) in [6.07, 6.45) is -0.882. The van der Waals surface area contributed by atoms with Crippen LogP contribution in [0.1, 0.15) is 34.6 Å². The number of aliphatic hydroxyl groups excluding tert-OH is 1. The van der Waals surface area contributed by atoms with Gasteiger partial charge >= 0.3 is 0 Å². The molecule has 0 radical (unpaired) electrons. The Labute approximate surface area is 129 Å². The predicted octanol–water partition coefficient (Wildman–Crippen LogP) is 2.29. The van der Waals surface area contributed by atoms with Crippen molar-refractivity contribution in [1.82, 2.24) is 0 Å². The number of hydrogen-bond acceptors (Lipinski definition) is 5. The third-order valence-electron chi connectivity index (χ3n) is 4.84. The standard InChI is InChI=1S/C15H30O5Si/c1-14(2,3)21(6,7)17-9-11-13-12(10(8-16)18-11)19-15(4,5)20-13/h10-13,16H,8-9H2,1-7H3/t10-,11-,12+,13-/m1/s1. The first kappa shape index (κ1) is 17.4. The molecule has 21 heavy (non-hydrogen) atoms. The predicted molar refractivity (Wildman–Crippen MR) is 82.7 cm³/mol. The van der Waals surface area contributed by atoms with Gasteiger partial charge in [-0.25, -0.2) is 0 Å². The van der Waals surface area contributed by atoms with E-state index in [1.807, 2.05) is 13.8 Å². The maximum atomic E-state index is 9.47. The van der Waals surface area contributed by atoms with Gasteiger partial charge in [-0.1, -0.05) is 20.8 Å². The topological polar surface area (TPSA) is 57.2 Å². The van der Waals surface area contributed by atoms with Gasteiger partial charge in [0, 0.05) is 0 Å². The highest BCUT2D eigenvalue weighted by Crippen LogP contribution is 2.40. The molecule has 0 aromatic rings. The minimum atomic E-state index is -1.82. The monoisotopic (exact) mass is 318 g/mol. The summed E-state index contributed by atoms with van der Waals surface area (Å²) in [4.78, 5) is 0. The molecular weight excluding hydrogens is 288 g/mol. The molecule has 4 atom stereocenters. The fourth-order valence-electron chi connectivity index (χ4n) is 2.56. The van der Waals surface area contributed by atoms with Crippen molar-refractivity contribution in [2.45, 2.75) is 83.0 Å². The molecule has 5 nitrogen and oxygen atoms in total. The van der Waals surface area contributed by atoms with Crippen LogP contribution in [0.3, 0.4) is 0 Å². The first-order valence-electron chi connectivity index (χ1n) is 7.73. The number of rotatable bonds is 4. The molecule has 2 fully saturated rings. The molecule has 1 N–H and O–H groups in total. The van der Waals surface area contributed by atoms with Gasteiger partial charge in [0.15, 0.2) is 14.1 Å². The van der Waals surface area contributed by atoms with Crippen molar-refractivity contribution in [3.05, 3.63) is 0 Å². The maximum Gasteiger partial charge on any atom is 0.192 e. The van der Waals surface area contributed by atoms with Crippen LogP contribution in [-0.4, -0.2) is 56.8 Å². The summed E-state index contributed by atoms with van der Waals surface area (Å²) < 4.78 is 23.9. The zero-order valence-electron chi connectivity index (χ0n) is 14.3. The SMILES string of the molecule is CC1(C)O[C@@H]2[C@H](O1)[C@@H](CO[Si](C)(C)C(C)(C)C)O[C@@H]2CO. The quantitative estimate of drug-likeness (QED) is 0.806. The molecule has 6 heteroatoms. The van der Waals surface area contributed by atoms with Crippen LogP contribution < -0.4 is 0 Å². The normalized spacial score (nSPS) is 36.0. The lowest BCUT2D eigenvalue weighted by Gasteiger charge is -2.37. The second-order valence-corrected chi connectivity index (χ2v) is 12.8. The largest absolute Gasteiger partial charge is 0.414 e. The Balaban J connectivity index is 2.01. The van der Waals surface area contributed by atoms with E-state index < -0.39 is 14.1 Å². The van der Waals surface area contributed by atoms with Crippen LogP contribution in [0.25, 0.3) is 0 Å². The van der Waals surface area contributed by atoms with E-state index in [0.29, 0.717) is 6.61 Å². The molecule has 0 unspecified atom stereocenters. The van der Waals surface area contributed by atoms with Crippen molar-refractivity contribution in [1.29, 1.82) is 0 Å². The summed E-state index contributed by atoms with van der Waals surface area (Å²) in [7, 11) is -1.82. The number of ether oxygens (including phenoxy) is 3. The minimum Gasteiger partial charge on any atom is -0.414 e. The lowest BCUT2D eigenvalue weighted by molar-refractivity contribution is -0.192. The number of hydrogen-bond donors (Lipinski definition) is 1. The number of aliphatic hydroxyl groups is 1. The summed E-state index contributed by atoms with van der Waals surface area (Å²) in [6.45, 7) is 15.3. The Morgan fingerprint density at radius 3 is 2.10 bits per heavy atom. The van der Waals surface area contributed by atoms with Crippen molar-refractivity contribution in [2.24, 2.45) is 0 Å². The fourth-order valence-corrected chi connectivity index (χ4v) is 3.57. The molecule has 0 amide bonds. The smallest absolute Gasteiger partial charge is 0.192 e. The third kappa shape index (κ3) is 3.51. The Hall–Kier alpha value is 0.0169. The van der Waals surface area contributed by atoms with Gasteiger partial charge in [-0.05, 0) is 32.0 Å². The molecule has 0 saturated carbocycles. The lowest BCUT2D eigenvalue weighted by Crippen LogP contribution is -2.44. The molecule has 2 heterocycles. The van der Waals surface area contributed by atoms with Crippen molar-refractivity contribution < 1.29 is 23.7 Å². The van der Waals surface area contributed by atoms with Crippen molar-refractivity contribution in [2.75, 3.05) is 13.2 Å². The van der Waals surface area contributed by atoms with Gasteiger partial charge in [0.2, 0.25) is 0 Å². The highest BCUT2D eigenvalue weighted by Gasteiger charge is 2.55. The summed E-state index contributed by atoms with van der Waals surface area (Å²) in [5.74, 6) is -0.623. The molecule has 2 saturated heterocycles. The van der Waals surface area contributed by atoms with E-state index in [-0.39, 0.29) is 36.1 Å². The highest BCUT2D eigenvalue weighted by molar-refractivity contribution is 6.74. The molecule has 2 aliphatic rings.